The van der Waals surface area contributed by atoms with Crippen LogP contribution in [0, 0.1) is 13.8 Å². The van der Waals surface area contributed by atoms with E-state index in [2.05, 4.69) is 32.5 Å². The predicted octanol–water partition coefficient (Wildman–Crippen LogP) is 1.79. The van der Waals surface area contributed by atoms with Crippen molar-refractivity contribution in [2.75, 3.05) is 49.9 Å². The van der Waals surface area contributed by atoms with E-state index < -0.39 is 0 Å². The molecule has 2 N–H and O–H groups in total. The first kappa shape index (κ1) is 22.0. The summed E-state index contributed by atoms with van der Waals surface area (Å²) in [5, 5.41) is 10.3. The lowest BCUT2D eigenvalue weighted by molar-refractivity contribution is -0.120. The highest BCUT2D eigenvalue weighted by atomic mass is 16.2. The molecule has 0 bridgehead atoms. The van der Waals surface area contributed by atoms with Crippen LogP contribution in [-0.2, 0) is 23.1 Å². The van der Waals surface area contributed by atoms with E-state index in [0.717, 1.165) is 60.9 Å². The molecule has 2 heterocycles. The lowest BCUT2D eigenvalue weighted by Crippen LogP contribution is -2.50. The van der Waals surface area contributed by atoms with Gasteiger partial charge in [0.15, 0.2) is 0 Å². The summed E-state index contributed by atoms with van der Waals surface area (Å²) in [5.74, 6) is -0.0267. The van der Waals surface area contributed by atoms with Crippen LogP contribution in [0.4, 0.5) is 11.4 Å². The van der Waals surface area contributed by atoms with E-state index in [1.54, 1.807) is 4.68 Å². The van der Waals surface area contributed by atoms with E-state index in [0.29, 0.717) is 13.1 Å². The zero-order chi connectivity index (χ0) is 21.7. The average Bonchev–Trinajstić information content (AvgIpc) is 2.96. The second-order valence-corrected chi connectivity index (χ2v) is 7.83. The van der Waals surface area contributed by atoms with Gasteiger partial charge >= 0.3 is 0 Å². The van der Waals surface area contributed by atoms with E-state index in [9.17, 15) is 9.59 Å². The molecular weight excluding hydrogens is 380 g/mol. The van der Waals surface area contributed by atoms with Gasteiger partial charge in [-0.2, -0.15) is 5.10 Å². The highest BCUT2D eigenvalue weighted by Crippen LogP contribution is 2.18. The van der Waals surface area contributed by atoms with Gasteiger partial charge in [-0.15, -0.1) is 0 Å². The van der Waals surface area contributed by atoms with Crippen LogP contribution < -0.4 is 10.6 Å². The Bertz CT molecular complexity index is 899. The van der Waals surface area contributed by atoms with Gasteiger partial charge in [0.05, 0.1) is 30.2 Å². The van der Waals surface area contributed by atoms with Crippen LogP contribution in [0.5, 0.6) is 0 Å². The molecule has 30 heavy (non-hydrogen) atoms. The molecule has 2 aromatic rings. The minimum atomic E-state index is -0.0310. The summed E-state index contributed by atoms with van der Waals surface area (Å²) in [6.07, 6.45) is 0.884. The van der Waals surface area contributed by atoms with Gasteiger partial charge < -0.3 is 10.6 Å². The van der Waals surface area contributed by atoms with Crippen molar-refractivity contribution in [3.63, 3.8) is 0 Å². The van der Waals surface area contributed by atoms with Crippen molar-refractivity contribution < 1.29 is 9.59 Å². The number of hydrogen-bond acceptors (Lipinski definition) is 5. The Morgan fingerprint density at radius 3 is 2.07 bits per heavy atom. The van der Waals surface area contributed by atoms with Crippen molar-refractivity contribution in [1.29, 1.82) is 0 Å². The minimum Gasteiger partial charge on any atom is -0.325 e. The van der Waals surface area contributed by atoms with Crippen LogP contribution in [0.3, 0.4) is 0 Å². The largest absolute Gasteiger partial charge is 0.325 e. The van der Waals surface area contributed by atoms with Gasteiger partial charge in [0.25, 0.3) is 0 Å². The van der Waals surface area contributed by atoms with Gasteiger partial charge in [-0.25, -0.2) is 0 Å². The molecule has 1 saturated heterocycles. The molecule has 0 unspecified atom stereocenters. The van der Waals surface area contributed by atoms with Gasteiger partial charge in [-0.1, -0.05) is 25.1 Å². The quantitative estimate of drug-likeness (QED) is 0.725. The maximum absolute atomic E-state index is 12.4. The van der Waals surface area contributed by atoms with E-state index in [-0.39, 0.29) is 11.8 Å². The van der Waals surface area contributed by atoms with Crippen molar-refractivity contribution in [2.45, 2.75) is 27.2 Å². The summed E-state index contributed by atoms with van der Waals surface area (Å²) in [7, 11) is 1.87. The maximum atomic E-state index is 12.4. The van der Waals surface area contributed by atoms with Crippen molar-refractivity contribution in [2.24, 2.45) is 7.05 Å². The van der Waals surface area contributed by atoms with Gasteiger partial charge in [-0.05, 0) is 31.9 Å². The Hall–Kier alpha value is -2.71. The number of nitrogens with one attached hydrogen (secondary N) is 2. The first-order chi connectivity index (χ1) is 14.4. The molecule has 0 spiro atoms. The second-order valence-electron chi connectivity index (χ2n) is 7.83. The fraction of sp³-hybridized carbons (Fsp3) is 0.500. The van der Waals surface area contributed by atoms with Crippen molar-refractivity contribution in [1.82, 2.24) is 19.6 Å². The Balaban J connectivity index is 1.43. The number of aromatic nitrogens is 2. The summed E-state index contributed by atoms with van der Waals surface area (Å²) in [6, 6.07) is 7.90. The molecule has 8 nitrogen and oxygen atoms in total. The van der Waals surface area contributed by atoms with Gasteiger partial charge in [0.1, 0.15) is 0 Å². The first-order valence-electron chi connectivity index (χ1n) is 10.5. The SMILES string of the molecule is CCc1ccccc1NC(=O)CN1CCN(CC(=O)Nc2c(C)nn(C)c2C)CC1. The highest BCUT2D eigenvalue weighted by molar-refractivity contribution is 5.93. The van der Waals surface area contributed by atoms with Gasteiger partial charge in [0.2, 0.25) is 11.8 Å². The Morgan fingerprint density at radius 1 is 0.967 bits per heavy atom. The molecule has 0 saturated carbocycles. The lowest BCUT2D eigenvalue weighted by atomic mass is 10.1. The summed E-state index contributed by atoms with van der Waals surface area (Å²) < 4.78 is 1.77. The Morgan fingerprint density at radius 2 is 1.53 bits per heavy atom. The number of amides is 2. The van der Waals surface area contributed by atoms with E-state index in [1.165, 1.54) is 0 Å². The summed E-state index contributed by atoms with van der Waals surface area (Å²) >= 11 is 0. The number of hydrogen-bond donors (Lipinski definition) is 2. The lowest BCUT2D eigenvalue weighted by Gasteiger charge is -2.33. The van der Waals surface area contributed by atoms with Crippen molar-refractivity contribution >= 4 is 23.2 Å². The van der Waals surface area contributed by atoms with Crippen LogP contribution in [0.25, 0.3) is 0 Å². The number of piperazine rings is 1. The number of rotatable bonds is 7. The minimum absolute atomic E-state index is 0.00428. The van der Waals surface area contributed by atoms with Gasteiger partial charge in [-0.3, -0.25) is 24.1 Å². The van der Waals surface area contributed by atoms with Crippen LogP contribution >= 0.6 is 0 Å². The van der Waals surface area contributed by atoms with Crippen LogP contribution in [0.2, 0.25) is 0 Å². The normalized spacial score (nSPS) is 15.2. The number of anilines is 2. The van der Waals surface area contributed by atoms with Crippen LogP contribution in [0.1, 0.15) is 23.9 Å². The van der Waals surface area contributed by atoms with Crippen LogP contribution in [-0.4, -0.2) is 70.7 Å². The zero-order valence-corrected chi connectivity index (χ0v) is 18.4. The first-order valence-corrected chi connectivity index (χ1v) is 10.5. The molecular formula is C22H32N6O2. The molecule has 8 heteroatoms. The summed E-state index contributed by atoms with van der Waals surface area (Å²) in [6.45, 7) is 9.68. The fourth-order valence-electron chi connectivity index (χ4n) is 3.79. The third-order valence-corrected chi connectivity index (χ3v) is 5.65. The number of carbonyl (C=O) groups is 2. The molecule has 1 aliphatic heterocycles. The number of nitrogens with zero attached hydrogens (tertiary/aromatic N) is 4. The molecule has 0 aliphatic carbocycles. The Labute approximate surface area is 178 Å². The van der Waals surface area contributed by atoms with Gasteiger partial charge in [0, 0.05) is 38.9 Å². The third kappa shape index (κ3) is 5.46. The molecule has 1 aromatic heterocycles. The number of benzene rings is 1. The topological polar surface area (TPSA) is 82.5 Å². The third-order valence-electron chi connectivity index (χ3n) is 5.65. The summed E-state index contributed by atoms with van der Waals surface area (Å²) in [4.78, 5) is 29.1. The van der Waals surface area contributed by atoms with Crippen molar-refractivity contribution in [3.05, 3.63) is 41.2 Å². The number of aryl methyl sites for hydroxylation is 3. The monoisotopic (exact) mass is 412 g/mol. The van der Waals surface area contributed by atoms with E-state index in [1.807, 2.05) is 45.2 Å². The van der Waals surface area contributed by atoms with E-state index in [4.69, 9.17) is 0 Å². The smallest absolute Gasteiger partial charge is 0.238 e. The molecule has 0 atom stereocenters. The molecule has 1 aromatic carbocycles. The Kier molecular flexibility index (Phi) is 7.23. The number of carbonyl (C=O) groups excluding carboxylic acids is 2. The van der Waals surface area contributed by atoms with E-state index >= 15 is 0 Å². The predicted molar refractivity (Wildman–Crippen MR) is 119 cm³/mol. The summed E-state index contributed by atoms with van der Waals surface area (Å²) in [5.41, 5.74) is 4.59. The second kappa shape index (κ2) is 9.86. The molecule has 1 fully saturated rings. The fourth-order valence-corrected chi connectivity index (χ4v) is 3.79. The highest BCUT2D eigenvalue weighted by Gasteiger charge is 2.22. The average molecular weight is 413 g/mol. The number of para-hydroxylation sites is 1. The molecule has 0 radical (unpaired) electrons. The van der Waals surface area contributed by atoms with Crippen LogP contribution in [0.15, 0.2) is 24.3 Å². The molecule has 2 amide bonds. The zero-order valence-electron chi connectivity index (χ0n) is 18.4. The molecule has 1 aliphatic rings. The van der Waals surface area contributed by atoms with Crippen molar-refractivity contribution in [3.8, 4) is 0 Å². The maximum Gasteiger partial charge on any atom is 0.238 e. The molecule has 3 rings (SSSR count). The molecule has 162 valence electrons. The standard InChI is InChI=1S/C22H32N6O2/c1-5-18-8-6-7-9-19(18)23-20(29)14-27-10-12-28(13-11-27)15-21(30)24-22-16(2)25-26(4)17(22)3/h6-9H,5,10-15H2,1-4H3,(H,23,29)(H,24,30).